The fraction of sp³-hybridized carbons (Fsp3) is 0.0667. The molecular formula is C15H10ClFO2. The van der Waals surface area contributed by atoms with Crippen LogP contribution >= 0.6 is 11.6 Å². The van der Waals surface area contributed by atoms with Gasteiger partial charge in [-0.05, 0) is 18.2 Å². The van der Waals surface area contributed by atoms with Gasteiger partial charge < -0.3 is 9.15 Å². The van der Waals surface area contributed by atoms with Crippen LogP contribution in [0.4, 0.5) is 4.39 Å². The fourth-order valence-corrected chi connectivity index (χ4v) is 2.12. The zero-order valence-electron chi connectivity index (χ0n) is 9.90. The largest absolute Gasteiger partial charge is 0.486 e. The standard InChI is InChI=1S/C15H10ClFO2/c16-12-5-3-4-11-10(9-19-15(11)12)8-18-14-7-2-1-6-13(14)17/h1-7,9H,8H2. The number of para-hydroxylation sites is 2. The van der Waals surface area contributed by atoms with Crippen molar-refractivity contribution in [2.45, 2.75) is 6.61 Å². The van der Waals surface area contributed by atoms with Crippen LogP contribution < -0.4 is 4.74 Å². The van der Waals surface area contributed by atoms with Gasteiger partial charge in [0.25, 0.3) is 0 Å². The molecule has 0 spiro atoms. The van der Waals surface area contributed by atoms with Crippen LogP contribution in [0.5, 0.6) is 5.75 Å². The summed E-state index contributed by atoms with van der Waals surface area (Å²) in [6.45, 7) is 0.230. The first-order valence-corrected chi connectivity index (χ1v) is 6.15. The molecular weight excluding hydrogens is 267 g/mol. The van der Waals surface area contributed by atoms with Crippen molar-refractivity contribution in [3.05, 3.63) is 65.1 Å². The number of benzene rings is 2. The molecule has 0 unspecified atom stereocenters. The smallest absolute Gasteiger partial charge is 0.165 e. The van der Waals surface area contributed by atoms with Crippen molar-refractivity contribution < 1.29 is 13.5 Å². The second-order valence-corrected chi connectivity index (χ2v) is 4.50. The minimum Gasteiger partial charge on any atom is -0.486 e. The molecule has 0 fully saturated rings. The topological polar surface area (TPSA) is 22.4 Å². The summed E-state index contributed by atoms with van der Waals surface area (Å²) in [7, 11) is 0. The van der Waals surface area contributed by atoms with Gasteiger partial charge in [-0.25, -0.2) is 4.39 Å². The molecule has 4 heteroatoms. The van der Waals surface area contributed by atoms with E-state index in [-0.39, 0.29) is 18.2 Å². The van der Waals surface area contributed by atoms with E-state index in [0.717, 1.165) is 10.9 Å². The maximum Gasteiger partial charge on any atom is 0.165 e. The highest BCUT2D eigenvalue weighted by atomic mass is 35.5. The predicted octanol–water partition coefficient (Wildman–Crippen LogP) is 4.80. The molecule has 0 saturated carbocycles. The molecule has 3 aromatic rings. The van der Waals surface area contributed by atoms with Crippen LogP contribution in [0.2, 0.25) is 5.02 Å². The summed E-state index contributed by atoms with van der Waals surface area (Å²) >= 11 is 6.02. The molecule has 1 aromatic heterocycles. The van der Waals surface area contributed by atoms with E-state index >= 15 is 0 Å². The van der Waals surface area contributed by atoms with Gasteiger partial charge in [0.05, 0.1) is 11.3 Å². The molecule has 96 valence electrons. The Kier molecular flexibility index (Phi) is 3.13. The van der Waals surface area contributed by atoms with Crippen molar-refractivity contribution >= 4 is 22.6 Å². The van der Waals surface area contributed by atoms with Gasteiger partial charge in [-0.15, -0.1) is 0 Å². The third kappa shape index (κ3) is 2.29. The van der Waals surface area contributed by atoms with Gasteiger partial charge in [0.15, 0.2) is 17.1 Å². The van der Waals surface area contributed by atoms with Gasteiger partial charge in [-0.1, -0.05) is 35.9 Å². The lowest BCUT2D eigenvalue weighted by molar-refractivity contribution is 0.290. The highest BCUT2D eigenvalue weighted by molar-refractivity contribution is 6.34. The van der Waals surface area contributed by atoms with Crippen LogP contribution in [0.25, 0.3) is 11.0 Å². The zero-order chi connectivity index (χ0) is 13.2. The van der Waals surface area contributed by atoms with Gasteiger partial charge in [0.2, 0.25) is 0 Å². The molecule has 0 bridgehead atoms. The first-order chi connectivity index (χ1) is 9.25. The number of furan rings is 1. The molecule has 0 aliphatic carbocycles. The van der Waals surface area contributed by atoms with Crippen LogP contribution in [-0.2, 0) is 6.61 Å². The van der Waals surface area contributed by atoms with Crippen molar-refractivity contribution in [3.63, 3.8) is 0 Å². The molecule has 1 heterocycles. The van der Waals surface area contributed by atoms with Crippen molar-refractivity contribution in [1.29, 1.82) is 0 Å². The van der Waals surface area contributed by atoms with E-state index in [1.54, 1.807) is 30.5 Å². The van der Waals surface area contributed by atoms with Crippen molar-refractivity contribution in [2.75, 3.05) is 0 Å². The second-order valence-electron chi connectivity index (χ2n) is 4.10. The van der Waals surface area contributed by atoms with Crippen molar-refractivity contribution in [3.8, 4) is 5.75 Å². The summed E-state index contributed by atoms with van der Waals surface area (Å²) in [4.78, 5) is 0. The highest BCUT2D eigenvalue weighted by Gasteiger charge is 2.10. The Labute approximate surface area is 114 Å². The summed E-state index contributed by atoms with van der Waals surface area (Å²) in [6, 6.07) is 11.8. The van der Waals surface area contributed by atoms with Crippen LogP contribution in [0.3, 0.4) is 0 Å². The highest BCUT2D eigenvalue weighted by Crippen LogP contribution is 2.28. The molecule has 0 amide bonds. The molecule has 0 radical (unpaired) electrons. The summed E-state index contributed by atoms with van der Waals surface area (Å²) in [5.74, 6) is -0.160. The van der Waals surface area contributed by atoms with E-state index in [1.165, 1.54) is 6.07 Å². The lowest BCUT2D eigenvalue weighted by Gasteiger charge is -2.05. The number of halogens is 2. The van der Waals surface area contributed by atoms with Crippen LogP contribution in [0, 0.1) is 5.82 Å². The molecule has 0 aliphatic heterocycles. The quantitative estimate of drug-likeness (QED) is 0.685. The predicted molar refractivity (Wildman–Crippen MR) is 72.0 cm³/mol. The Bertz CT molecular complexity index is 721. The average Bonchev–Trinajstić information content (AvgIpc) is 2.83. The third-order valence-corrected chi connectivity index (χ3v) is 3.15. The number of hydrogen-bond acceptors (Lipinski definition) is 2. The molecule has 3 rings (SSSR count). The van der Waals surface area contributed by atoms with E-state index in [1.807, 2.05) is 12.1 Å². The van der Waals surface area contributed by atoms with E-state index < -0.39 is 0 Å². The fourth-order valence-electron chi connectivity index (χ4n) is 1.90. The van der Waals surface area contributed by atoms with Crippen LogP contribution in [0.15, 0.2) is 53.1 Å². The number of fused-ring (bicyclic) bond motifs is 1. The number of ether oxygens (including phenoxy) is 1. The number of rotatable bonds is 3. The van der Waals surface area contributed by atoms with Gasteiger partial charge in [0.1, 0.15) is 6.61 Å². The minimum atomic E-state index is -0.381. The summed E-state index contributed by atoms with van der Waals surface area (Å²) < 4.78 is 24.3. The molecule has 0 saturated heterocycles. The lowest BCUT2D eigenvalue weighted by Crippen LogP contribution is -1.96. The van der Waals surface area contributed by atoms with E-state index in [2.05, 4.69) is 0 Å². The molecule has 2 nitrogen and oxygen atoms in total. The maximum atomic E-state index is 13.4. The van der Waals surface area contributed by atoms with Crippen molar-refractivity contribution in [1.82, 2.24) is 0 Å². The Balaban J connectivity index is 1.87. The van der Waals surface area contributed by atoms with Gasteiger partial charge in [0, 0.05) is 10.9 Å². The lowest BCUT2D eigenvalue weighted by atomic mass is 10.2. The Hall–Kier alpha value is -2.00. The summed E-state index contributed by atoms with van der Waals surface area (Å²) in [5, 5.41) is 1.43. The van der Waals surface area contributed by atoms with Crippen molar-refractivity contribution in [2.24, 2.45) is 0 Å². The van der Waals surface area contributed by atoms with Gasteiger partial charge >= 0.3 is 0 Å². The normalized spacial score (nSPS) is 10.8. The first-order valence-electron chi connectivity index (χ1n) is 5.77. The number of hydrogen-bond donors (Lipinski definition) is 0. The van der Waals surface area contributed by atoms with E-state index in [9.17, 15) is 4.39 Å². The molecule has 0 aliphatic rings. The van der Waals surface area contributed by atoms with Gasteiger partial charge in [-0.2, -0.15) is 0 Å². The molecule has 0 N–H and O–H groups in total. The SMILES string of the molecule is Fc1ccccc1OCc1coc2c(Cl)cccc12. The van der Waals surface area contributed by atoms with E-state index in [4.69, 9.17) is 20.8 Å². The van der Waals surface area contributed by atoms with E-state index in [0.29, 0.717) is 10.6 Å². The summed E-state index contributed by atoms with van der Waals surface area (Å²) in [6.07, 6.45) is 1.58. The first kappa shape index (κ1) is 12.1. The monoisotopic (exact) mass is 276 g/mol. The third-order valence-electron chi connectivity index (χ3n) is 2.85. The molecule has 19 heavy (non-hydrogen) atoms. The second kappa shape index (κ2) is 4.94. The molecule has 2 aromatic carbocycles. The van der Waals surface area contributed by atoms with Crippen LogP contribution in [0.1, 0.15) is 5.56 Å². The van der Waals surface area contributed by atoms with Gasteiger partial charge in [-0.3, -0.25) is 0 Å². The molecule has 0 atom stereocenters. The zero-order valence-corrected chi connectivity index (χ0v) is 10.7. The Morgan fingerprint density at radius 3 is 2.79 bits per heavy atom. The minimum absolute atomic E-state index is 0.221. The maximum absolute atomic E-state index is 13.4. The summed E-state index contributed by atoms with van der Waals surface area (Å²) in [5.41, 5.74) is 1.46. The Morgan fingerprint density at radius 1 is 1.11 bits per heavy atom. The average molecular weight is 277 g/mol. The van der Waals surface area contributed by atoms with Crippen LogP contribution in [-0.4, -0.2) is 0 Å². The Morgan fingerprint density at radius 2 is 1.95 bits per heavy atom.